The van der Waals surface area contributed by atoms with Crippen LogP contribution >= 0.6 is 11.8 Å². The highest BCUT2D eigenvalue weighted by atomic mass is 32.2. The summed E-state index contributed by atoms with van der Waals surface area (Å²) < 4.78 is 0.494. The molecule has 2 nitrogen and oxygen atoms in total. The molecule has 0 amide bonds. The van der Waals surface area contributed by atoms with Crippen LogP contribution in [0, 0.1) is 0 Å². The second-order valence-corrected chi connectivity index (χ2v) is 6.11. The lowest BCUT2D eigenvalue weighted by atomic mass is 10.1. The number of likely N-dealkylation sites (N-methyl/N-ethyl adjacent to an activating group) is 1. The Kier molecular flexibility index (Phi) is 4.56. The van der Waals surface area contributed by atoms with Crippen LogP contribution in [0.25, 0.3) is 0 Å². The largest absolute Gasteiger partial charge is 0.318 e. The molecule has 13 heavy (non-hydrogen) atoms. The van der Waals surface area contributed by atoms with Gasteiger partial charge in [0.15, 0.2) is 0 Å². The molecule has 0 aromatic carbocycles. The molecule has 78 valence electrons. The first kappa shape index (κ1) is 11.3. The molecule has 1 heterocycles. The van der Waals surface area contributed by atoms with Crippen LogP contribution in [0.2, 0.25) is 0 Å². The molecule has 0 spiro atoms. The lowest BCUT2D eigenvalue weighted by Crippen LogP contribution is -2.33. The van der Waals surface area contributed by atoms with E-state index in [4.69, 9.17) is 0 Å². The van der Waals surface area contributed by atoms with Crippen LogP contribution in [0.1, 0.15) is 20.3 Å². The second kappa shape index (κ2) is 5.23. The van der Waals surface area contributed by atoms with Gasteiger partial charge in [-0.2, -0.15) is 11.8 Å². The highest BCUT2D eigenvalue weighted by molar-refractivity contribution is 8.00. The zero-order valence-electron chi connectivity index (χ0n) is 9.10. The minimum absolute atomic E-state index is 0.494. The molecule has 0 radical (unpaired) electrons. The van der Waals surface area contributed by atoms with E-state index in [0.29, 0.717) is 4.75 Å². The van der Waals surface area contributed by atoms with Crippen LogP contribution < -0.4 is 5.32 Å². The first-order valence-corrected chi connectivity index (χ1v) is 6.13. The van der Waals surface area contributed by atoms with Crippen molar-refractivity contribution >= 4 is 11.8 Å². The van der Waals surface area contributed by atoms with Gasteiger partial charge in [0.25, 0.3) is 0 Å². The summed E-state index contributed by atoms with van der Waals surface area (Å²) in [5.41, 5.74) is 0. The number of thioether (sulfide) groups is 1. The summed E-state index contributed by atoms with van der Waals surface area (Å²) in [6.07, 6.45) is 1.32. The number of hydrogen-bond acceptors (Lipinski definition) is 3. The maximum Gasteiger partial charge on any atom is 0.0116 e. The molecule has 3 heteroatoms. The minimum Gasteiger partial charge on any atom is -0.318 e. The van der Waals surface area contributed by atoms with Gasteiger partial charge in [-0.25, -0.2) is 0 Å². The Hall–Kier alpha value is 0.270. The summed E-state index contributed by atoms with van der Waals surface area (Å²) in [7, 11) is 2.02. The van der Waals surface area contributed by atoms with Crippen molar-refractivity contribution in [2.45, 2.75) is 25.0 Å². The van der Waals surface area contributed by atoms with Gasteiger partial charge in [0.1, 0.15) is 0 Å². The first-order chi connectivity index (χ1) is 6.14. The van der Waals surface area contributed by atoms with E-state index in [1.54, 1.807) is 0 Å². The second-order valence-electron chi connectivity index (χ2n) is 4.30. The SMILES string of the molecule is CNCCN1CCSC(C)(C)CC1. The van der Waals surface area contributed by atoms with Gasteiger partial charge in [0.2, 0.25) is 0 Å². The monoisotopic (exact) mass is 202 g/mol. The fourth-order valence-electron chi connectivity index (χ4n) is 1.56. The highest BCUT2D eigenvalue weighted by Gasteiger charge is 2.22. The summed E-state index contributed by atoms with van der Waals surface area (Å²) in [6.45, 7) is 9.56. The third kappa shape index (κ3) is 4.34. The predicted molar refractivity (Wildman–Crippen MR) is 61.5 cm³/mol. The summed E-state index contributed by atoms with van der Waals surface area (Å²) in [5.74, 6) is 1.29. The zero-order chi connectivity index (χ0) is 9.73. The maximum absolute atomic E-state index is 3.21. The minimum atomic E-state index is 0.494. The molecular formula is C10H22N2S. The van der Waals surface area contributed by atoms with Crippen molar-refractivity contribution in [2.75, 3.05) is 39.0 Å². The van der Waals surface area contributed by atoms with Gasteiger partial charge in [-0.3, -0.25) is 0 Å². The van der Waals surface area contributed by atoms with E-state index in [1.807, 2.05) is 7.05 Å². The van der Waals surface area contributed by atoms with E-state index in [-0.39, 0.29) is 0 Å². The lowest BCUT2D eigenvalue weighted by Gasteiger charge is -2.22. The van der Waals surface area contributed by atoms with Gasteiger partial charge in [0.05, 0.1) is 0 Å². The molecule has 0 saturated carbocycles. The van der Waals surface area contributed by atoms with Gasteiger partial charge < -0.3 is 10.2 Å². The Morgan fingerprint density at radius 3 is 2.85 bits per heavy atom. The van der Waals surface area contributed by atoms with E-state index in [0.717, 1.165) is 6.54 Å². The standard InChI is InChI=1S/C10H22N2S/c1-10(2)4-6-12(7-5-11-3)8-9-13-10/h11H,4-9H2,1-3H3. The Morgan fingerprint density at radius 2 is 2.15 bits per heavy atom. The molecule has 0 bridgehead atoms. The van der Waals surface area contributed by atoms with Crippen molar-refractivity contribution in [1.29, 1.82) is 0 Å². The smallest absolute Gasteiger partial charge is 0.0116 e. The summed E-state index contributed by atoms with van der Waals surface area (Å²) in [4.78, 5) is 2.57. The van der Waals surface area contributed by atoms with Crippen molar-refractivity contribution in [3.63, 3.8) is 0 Å². The van der Waals surface area contributed by atoms with Crippen molar-refractivity contribution < 1.29 is 0 Å². The molecule has 1 aliphatic rings. The number of hydrogen-bond donors (Lipinski definition) is 1. The zero-order valence-corrected chi connectivity index (χ0v) is 9.91. The predicted octanol–water partition coefficient (Wildman–Crippen LogP) is 1.42. The molecule has 0 unspecified atom stereocenters. The van der Waals surface area contributed by atoms with Crippen LogP contribution in [0.5, 0.6) is 0 Å². The van der Waals surface area contributed by atoms with Crippen molar-refractivity contribution in [3.8, 4) is 0 Å². The number of nitrogens with one attached hydrogen (secondary N) is 1. The van der Waals surface area contributed by atoms with Gasteiger partial charge in [0, 0.05) is 30.1 Å². The maximum atomic E-state index is 3.21. The van der Waals surface area contributed by atoms with Crippen LogP contribution in [0.15, 0.2) is 0 Å². The fourth-order valence-corrected chi connectivity index (χ4v) is 2.69. The quantitative estimate of drug-likeness (QED) is 0.745. The van der Waals surface area contributed by atoms with E-state index in [2.05, 4.69) is 35.8 Å². The summed E-state index contributed by atoms with van der Waals surface area (Å²) in [5, 5.41) is 3.21. The molecule has 1 saturated heterocycles. The summed E-state index contributed by atoms with van der Waals surface area (Å²) in [6, 6.07) is 0. The Labute approximate surface area is 86.5 Å². The molecule has 0 aromatic heterocycles. The average Bonchev–Trinajstić information content (AvgIpc) is 2.23. The molecule has 0 aliphatic carbocycles. The van der Waals surface area contributed by atoms with Crippen molar-refractivity contribution in [1.82, 2.24) is 10.2 Å². The Morgan fingerprint density at radius 1 is 1.38 bits per heavy atom. The van der Waals surface area contributed by atoms with Crippen molar-refractivity contribution in [3.05, 3.63) is 0 Å². The molecule has 1 fully saturated rings. The average molecular weight is 202 g/mol. The third-order valence-corrected chi connectivity index (χ3v) is 3.98. The van der Waals surface area contributed by atoms with Crippen LogP contribution in [0.4, 0.5) is 0 Å². The normalized spacial score (nSPS) is 24.2. The van der Waals surface area contributed by atoms with Gasteiger partial charge in [-0.15, -0.1) is 0 Å². The number of nitrogens with zero attached hydrogens (tertiary/aromatic N) is 1. The van der Waals surface area contributed by atoms with Crippen molar-refractivity contribution in [2.24, 2.45) is 0 Å². The van der Waals surface area contributed by atoms with E-state index in [9.17, 15) is 0 Å². The first-order valence-electron chi connectivity index (χ1n) is 5.15. The van der Waals surface area contributed by atoms with E-state index < -0.39 is 0 Å². The van der Waals surface area contributed by atoms with Gasteiger partial charge in [-0.1, -0.05) is 13.8 Å². The number of rotatable bonds is 3. The topological polar surface area (TPSA) is 15.3 Å². The molecule has 1 rings (SSSR count). The van der Waals surface area contributed by atoms with Gasteiger partial charge >= 0.3 is 0 Å². The third-order valence-electron chi connectivity index (χ3n) is 2.61. The molecule has 0 aromatic rings. The van der Waals surface area contributed by atoms with Crippen LogP contribution in [0.3, 0.4) is 0 Å². The lowest BCUT2D eigenvalue weighted by molar-refractivity contribution is 0.286. The molecule has 1 aliphatic heterocycles. The molecule has 1 N–H and O–H groups in total. The Balaban J connectivity index is 2.28. The fraction of sp³-hybridized carbons (Fsp3) is 1.00. The molecular weight excluding hydrogens is 180 g/mol. The van der Waals surface area contributed by atoms with Crippen LogP contribution in [-0.2, 0) is 0 Å². The van der Waals surface area contributed by atoms with Crippen LogP contribution in [-0.4, -0.2) is 48.6 Å². The van der Waals surface area contributed by atoms with E-state index in [1.165, 1.54) is 31.8 Å². The molecule has 0 atom stereocenters. The Bertz CT molecular complexity index is 148. The van der Waals surface area contributed by atoms with E-state index >= 15 is 0 Å². The van der Waals surface area contributed by atoms with Gasteiger partial charge in [-0.05, 0) is 20.0 Å². The summed E-state index contributed by atoms with van der Waals surface area (Å²) >= 11 is 2.12. The highest BCUT2D eigenvalue weighted by Crippen LogP contribution is 2.30.